The number of Topliss-reactive ketones (excluding diaryl/α,β-unsaturated/α-hetero) is 1. The molecule has 0 N–H and O–H groups in total. The van der Waals surface area contributed by atoms with E-state index in [1.54, 1.807) is 0 Å². The zero-order valence-electron chi connectivity index (χ0n) is 10.5. The standard InChI is InChI=1S/C15H18OS/c1-4-14(16)15-11(2)9-13(10-12(15)3)17-7-5-6-8-17/h5-10,17H,4H2,1-3H3. The Kier molecular flexibility index (Phi) is 3.53. The zero-order valence-corrected chi connectivity index (χ0v) is 11.4. The van der Waals surface area contributed by atoms with Crippen LogP contribution < -0.4 is 0 Å². The van der Waals surface area contributed by atoms with Crippen LogP contribution >= 0.6 is 10.9 Å². The average Bonchev–Trinajstić information content (AvgIpc) is 2.81. The fraction of sp³-hybridized carbons (Fsp3) is 0.267. The molecule has 0 spiro atoms. The van der Waals surface area contributed by atoms with Crippen LogP contribution in [0.25, 0.3) is 0 Å². The molecule has 0 atom stereocenters. The van der Waals surface area contributed by atoms with Crippen molar-refractivity contribution in [2.45, 2.75) is 32.1 Å². The van der Waals surface area contributed by atoms with Crippen LogP contribution in [0, 0.1) is 13.8 Å². The van der Waals surface area contributed by atoms with Gasteiger partial charge in [0, 0.05) is 12.0 Å². The molecule has 1 aromatic carbocycles. The fourth-order valence-electron chi connectivity index (χ4n) is 2.21. The molecule has 1 heterocycles. The molecule has 1 aliphatic rings. The molecule has 0 radical (unpaired) electrons. The van der Waals surface area contributed by atoms with E-state index in [1.807, 2.05) is 20.8 Å². The van der Waals surface area contributed by atoms with Crippen LogP contribution in [0.5, 0.6) is 0 Å². The molecular formula is C15H18OS. The van der Waals surface area contributed by atoms with Gasteiger partial charge in [0.05, 0.1) is 0 Å². The zero-order chi connectivity index (χ0) is 12.4. The van der Waals surface area contributed by atoms with Crippen molar-refractivity contribution in [1.29, 1.82) is 0 Å². The molecule has 0 aromatic heterocycles. The molecule has 2 heteroatoms. The van der Waals surface area contributed by atoms with Gasteiger partial charge in [0.1, 0.15) is 0 Å². The van der Waals surface area contributed by atoms with Gasteiger partial charge in [0.2, 0.25) is 0 Å². The first-order valence-corrected chi connectivity index (χ1v) is 7.39. The number of carbonyl (C=O) groups is 1. The number of rotatable bonds is 3. The van der Waals surface area contributed by atoms with Gasteiger partial charge in [-0.05, 0) is 52.8 Å². The summed E-state index contributed by atoms with van der Waals surface area (Å²) in [4.78, 5) is 13.2. The summed E-state index contributed by atoms with van der Waals surface area (Å²) >= 11 is 0. The van der Waals surface area contributed by atoms with E-state index in [1.165, 1.54) is 4.90 Å². The van der Waals surface area contributed by atoms with Crippen LogP contribution in [0.15, 0.2) is 40.0 Å². The molecule has 1 aromatic rings. The van der Waals surface area contributed by atoms with E-state index in [4.69, 9.17) is 0 Å². The third-order valence-corrected chi connectivity index (χ3v) is 4.86. The van der Waals surface area contributed by atoms with Crippen molar-refractivity contribution in [3.05, 3.63) is 51.8 Å². The molecule has 0 unspecified atom stereocenters. The van der Waals surface area contributed by atoms with Crippen molar-refractivity contribution in [3.8, 4) is 0 Å². The highest BCUT2D eigenvalue weighted by Crippen LogP contribution is 2.43. The van der Waals surface area contributed by atoms with Crippen LogP contribution in [0.2, 0.25) is 0 Å². The predicted octanol–water partition coefficient (Wildman–Crippen LogP) is 4.30. The molecule has 0 saturated carbocycles. The van der Waals surface area contributed by atoms with E-state index >= 15 is 0 Å². The smallest absolute Gasteiger partial charge is 0.163 e. The molecule has 0 saturated heterocycles. The van der Waals surface area contributed by atoms with Crippen LogP contribution in [-0.2, 0) is 0 Å². The second-order valence-electron chi connectivity index (χ2n) is 4.32. The van der Waals surface area contributed by atoms with Gasteiger partial charge in [0.15, 0.2) is 5.78 Å². The maximum atomic E-state index is 11.9. The summed E-state index contributed by atoms with van der Waals surface area (Å²) in [7, 11) is -0.281. The van der Waals surface area contributed by atoms with Crippen molar-refractivity contribution in [3.63, 3.8) is 0 Å². The third kappa shape index (κ3) is 2.37. The minimum Gasteiger partial charge on any atom is -0.294 e. The Balaban J connectivity index is 2.44. The number of benzene rings is 1. The summed E-state index contributed by atoms with van der Waals surface area (Å²) in [5.41, 5.74) is 3.14. The highest BCUT2D eigenvalue weighted by atomic mass is 32.2. The summed E-state index contributed by atoms with van der Waals surface area (Å²) in [6.45, 7) is 6.00. The highest BCUT2D eigenvalue weighted by molar-refractivity contribution is 8.22. The Hall–Kier alpha value is -1.28. The summed E-state index contributed by atoms with van der Waals surface area (Å²) < 4.78 is 0. The van der Waals surface area contributed by atoms with Gasteiger partial charge in [-0.25, -0.2) is 0 Å². The minimum atomic E-state index is -0.281. The molecule has 0 aliphatic carbocycles. The lowest BCUT2D eigenvalue weighted by Crippen LogP contribution is -2.03. The van der Waals surface area contributed by atoms with E-state index in [9.17, 15) is 4.79 Å². The summed E-state index contributed by atoms with van der Waals surface area (Å²) in [6.07, 6.45) is 4.78. The molecule has 90 valence electrons. The Bertz CT molecular complexity index is 477. The van der Waals surface area contributed by atoms with Gasteiger partial charge in [-0.2, -0.15) is 10.9 Å². The lowest BCUT2D eigenvalue weighted by Gasteiger charge is -2.15. The Labute approximate surface area is 106 Å². The SMILES string of the molecule is CCC(=O)c1c(C)cc([SH]2C=CC=C2)cc1C. The predicted molar refractivity (Wildman–Crippen MR) is 76.1 cm³/mol. The first kappa shape index (κ1) is 12.2. The maximum absolute atomic E-state index is 11.9. The summed E-state index contributed by atoms with van der Waals surface area (Å²) in [5, 5.41) is 4.48. The quantitative estimate of drug-likeness (QED) is 0.621. The average molecular weight is 246 g/mol. The first-order chi connectivity index (χ1) is 8.13. The lowest BCUT2D eigenvalue weighted by atomic mass is 9.98. The highest BCUT2D eigenvalue weighted by Gasteiger charge is 2.13. The molecule has 17 heavy (non-hydrogen) atoms. The third-order valence-electron chi connectivity index (χ3n) is 3.02. The number of allylic oxidation sites excluding steroid dienone is 2. The van der Waals surface area contributed by atoms with Crippen molar-refractivity contribution < 1.29 is 4.79 Å². The van der Waals surface area contributed by atoms with Gasteiger partial charge < -0.3 is 0 Å². The van der Waals surface area contributed by atoms with Crippen LogP contribution in [0.3, 0.4) is 0 Å². The van der Waals surface area contributed by atoms with Crippen molar-refractivity contribution >= 4 is 16.7 Å². The van der Waals surface area contributed by atoms with Gasteiger partial charge in [0.25, 0.3) is 0 Å². The molecule has 1 aliphatic heterocycles. The number of thiol groups is 1. The van der Waals surface area contributed by atoms with Crippen LogP contribution in [0.1, 0.15) is 34.8 Å². The largest absolute Gasteiger partial charge is 0.294 e. The number of carbonyl (C=O) groups excluding carboxylic acids is 1. The summed E-state index contributed by atoms with van der Waals surface area (Å²) in [6, 6.07) is 4.34. The van der Waals surface area contributed by atoms with E-state index in [-0.39, 0.29) is 16.7 Å². The Morgan fingerprint density at radius 3 is 2.12 bits per heavy atom. The van der Waals surface area contributed by atoms with Gasteiger partial charge >= 0.3 is 0 Å². The number of ketones is 1. The van der Waals surface area contributed by atoms with Gasteiger partial charge in [-0.1, -0.05) is 19.1 Å². The summed E-state index contributed by atoms with van der Waals surface area (Å²) in [5.74, 6) is 0.247. The Morgan fingerprint density at radius 2 is 1.65 bits per heavy atom. The fourth-order valence-corrected chi connectivity index (χ4v) is 3.91. The lowest BCUT2D eigenvalue weighted by molar-refractivity contribution is 0.0987. The number of hydrogen-bond acceptors (Lipinski definition) is 1. The van der Waals surface area contributed by atoms with Crippen molar-refractivity contribution in [2.24, 2.45) is 0 Å². The molecular weight excluding hydrogens is 228 g/mol. The normalized spacial score (nSPS) is 15.6. The monoisotopic (exact) mass is 246 g/mol. The van der Waals surface area contributed by atoms with E-state index in [0.717, 1.165) is 16.7 Å². The van der Waals surface area contributed by atoms with Crippen molar-refractivity contribution in [2.75, 3.05) is 0 Å². The molecule has 1 nitrogen and oxygen atoms in total. The number of hydrogen-bond donors (Lipinski definition) is 1. The number of aryl methyl sites for hydroxylation is 2. The molecule has 0 fully saturated rings. The topological polar surface area (TPSA) is 17.1 Å². The van der Waals surface area contributed by atoms with Gasteiger partial charge in [-0.15, -0.1) is 0 Å². The second-order valence-corrected chi connectivity index (χ2v) is 6.25. The van der Waals surface area contributed by atoms with Crippen molar-refractivity contribution in [1.82, 2.24) is 0 Å². The van der Waals surface area contributed by atoms with Crippen LogP contribution in [-0.4, -0.2) is 5.78 Å². The minimum absolute atomic E-state index is 0.247. The second kappa shape index (κ2) is 4.92. The van der Waals surface area contributed by atoms with Gasteiger partial charge in [-0.3, -0.25) is 4.79 Å². The van der Waals surface area contributed by atoms with E-state index < -0.39 is 0 Å². The maximum Gasteiger partial charge on any atom is 0.163 e. The van der Waals surface area contributed by atoms with E-state index in [2.05, 4.69) is 35.1 Å². The molecule has 0 bridgehead atoms. The molecule has 0 amide bonds. The first-order valence-electron chi connectivity index (χ1n) is 5.91. The Morgan fingerprint density at radius 1 is 1.12 bits per heavy atom. The van der Waals surface area contributed by atoms with E-state index in [0.29, 0.717) is 6.42 Å². The molecule has 2 rings (SSSR count). The van der Waals surface area contributed by atoms with Crippen LogP contribution in [0.4, 0.5) is 0 Å².